The van der Waals surface area contributed by atoms with Crippen LogP contribution in [0.15, 0.2) is 28.2 Å². The summed E-state index contributed by atoms with van der Waals surface area (Å²) in [6.07, 6.45) is -2.84. The Morgan fingerprint density at radius 2 is 1.13 bits per heavy atom. The van der Waals surface area contributed by atoms with E-state index in [9.17, 15) is 17.6 Å². The molecule has 2 fully saturated rings. The molecule has 1 aromatic heterocycles. The molecule has 3 nitrogen and oxygen atoms in total. The minimum atomic E-state index is -1.29. The summed E-state index contributed by atoms with van der Waals surface area (Å²) in [6.45, 7) is 3.34. The van der Waals surface area contributed by atoms with Gasteiger partial charge in [0, 0.05) is 0 Å². The molecule has 2 aliphatic rings. The monoisotopic (exact) mass is 523 g/mol. The van der Waals surface area contributed by atoms with E-state index in [1.165, 1.54) is 0 Å². The molecule has 0 bridgehead atoms. The van der Waals surface area contributed by atoms with Crippen LogP contribution in [0, 0.1) is 0 Å². The quantitative estimate of drug-likeness (QED) is 0.251. The molecule has 31 heavy (non-hydrogen) atoms. The minimum absolute atomic E-state index is 0.194. The Bertz CT molecular complexity index is 691. The average Bonchev–Trinajstić information content (AvgIpc) is 2.74. The summed E-state index contributed by atoms with van der Waals surface area (Å²) >= 11 is 0.194. The number of rotatable bonds is 4. The van der Waals surface area contributed by atoms with Crippen LogP contribution in [0.2, 0.25) is 0 Å². The van der Waals surface area contributed by atoms with Crippen molar-refractivity contribution in [3.05, 3.63) is 29.6 Å². The maximum absolute atomic E-state index is 14.1. The Labute approximate surface area is 195 Å². The van der Waals surface area contributed by atoms with Gasteiger partial charge in [-0.25, -0.2) is 22.5 Å². The predicted octanol–water partition coefficient (Wildman–Crippen LogP) is 6.53. The molecule has 0 amide bonds. The summed E-state index contributed by atoms with van der Waals surface area (Å²) in [4.78, 5) is 13.0. The van der Waals surface area contributed by atoms with Gasteiger partial charge in [-0.1, -0.05) is 6.07 Å². The van der Waals surface area contributed by atoms with Crippen molar-refractivity contribution < 1.29 is 30.7 Å². The molecule has 0 aliphatic heterocycles. The number of nitrogens with zero attached hydrogens (tertiary/aromatic N) is 3. The Hall–Kier alpha value is -0.691. The van der Waals surface area contributed by atoms with Crippen molar-refractivity contribution in [2.75, 3.05) is 0 Å². The molecule has 4 atom stereocenters. The van der Waals surface area contributed by atoms with Gasteiger partial charge < -0.3 is 0 Å². The number of hydrogen-bond donors (Lipinski definition) is 0. The van der Waals surface area contributed by atoms with E-state index in [1.807, 2.05) is 0 Å². The van der Waals surface area contributed by atoms with Gasteiger partial charge in [-0.15, -0.1) is 0 Å². The number of aliphatic imine (C=N–C) groups is 2. The van der Waals surface area contributed by atoms with Crippen LogP contribution < -0.4 is 0 Å². The molecule has 0 spiro atoms. The summed E-state index contributed by atoms with van der Waals surface area (Å²) in [7, 11) is 9.53. The second-order valence-corrected chi connectivity index (χ2v) is 9.62. The molecule has 2 saturated carbocycles. The van der Waals surface area contributed by atoms with Crippen molar-refractivity contribution in [1.82, 2.24) is 4.98 Å². The van der Waals surface area contributed by atoms with E-state index in [2.05, 4.69) is 15.0 Å². The summed E-state index contributed by atoms with van der Waals surface area (Å²) < 4.78 is 56.2. The van der Waals surface area contributed by atoms with E-state index in [-0.39, 0.29) is 13.1 Å². The fourth-order valence-corrected chi connectivity index (χ4v) is 3.89. The van der Waals surface area contributed by atoms with Gasteiger partial charge in [0.25, 0.3) is 0 Å². The van der Waals surface area contributed by atoms with Crippen LogP contribution in [0.4, 0.5) is 17.6 Å². The van der Waals surface area contributed by atoms with Gasteiger partial charge in [0.1, 0.15) is 36.8 Å². The summed E-state index contributed by atoms with van der Waals surface area (Å²) in [5.74, 6) is 0. The van der Waals surface area contributed by atoms with Gasteiger partial charge in [-0.2, -0.15) is 0 Å². The van der Waals surface area contributed by atoms with E-state index in [1.54, 1.807) is 32.0 Å². The van der Waals surface area contributed by atoms with Crippen LogP contribution in [-0.2, 0) is 13.1 Å². The van der Waals surface area contributed by atoms with E-state index in [0.717, 1.165) is 0 Å². The molecule has 3 rings (SSSR count). The molecule has 1 heterocycles. The van der Waals surface area contributed by atoms with Crippen LogP contribution in [0.5, 0.6) is 0 Å². The molecule has 0 radical (unpaired) electrons. The summed E-state index contributed by atoms with van der Waals surface area (Å²) in [6, 6.07) is 3.13. The van der Waals surface area contributed by atoms with E-state index >= 15 is 0 Å². The number of hydrogen-bond acceptors (Lipinski definition) is 3. The Balaban J connectivity index is 0.00000107. The topological polar surface area (TPSA) is 37.6 Å². The second kappa shape index (κ2) is 13.1. The Kier molecular flexibility index (Phi) is 11.2. The standard InChI is InChI=1S/C21H27F4N3.2ClH.Fe/c1-12(26-20-14(22)6-3-7-15(20)23)18-10-5-11-19(28-18)13(2)27-21-16(24)8-4-9-17(21)25;;;/h5,10-11,14-17,20-21H,3-4,6-9H2,1-2H3;2*1H;/q;;;+2/p-2. The molecule has 1 aromatic rings. The first kappa shape index (κ1) is 26.6. The van der Waals surface area contributed by atoms with Crippen molar-refractivity contribution in [2.45, 2.75) is 89.1 Å². The van der Waals surface area contributed by atoms with Crippen LogP contribution in [0.25, 0.3) is 0 Å². The maximum atomic E-state index is 14.1. The Morgan fingerprint density at radius 3 is 1.45 bits per heavy atom. The van der Waals surface area contributed by atoms with Gasteiger partial charge in [0.2, 0.25) is 0 Å². The van der Waals surface area contributed by atoms with Crippen LogP contribution in [-0.4, -0.2) is 53.2 Å². The van der Waals surface area contributed by atoms with Gasteiger partial charge in [0.15, 0.2) is 0 Å². The van der Waals surface area contributed by atoms with E-state index < -0.39 is 36.8 Å². The first-order valence-corrected chi connectivity index (χ1v) is 13.3. The fourth-order valence-electron chi connectivity index (χ4n) is 3.89. The number of alkyl halides is 4. The first-order valence-electron chi connectivity index (χ1n) is 10.3. The van der Waals surface area contributed by atoms with Crippen molar-refractivity contribution in [3.8, 4) is 0 Å². The summed E-state index contributed by atoms with van der Waals surface area (Å²) in [5.41, 5.74) is 1.84. The first-order chi connectivity index (χ1) is 14.8. The average molecular weight is 524 g/mol. The SMILES string of the molecule is CC(=NC1C(F)CCCC1F)c1cccc(C(C)=NC2C(F)CCCC2F)n1.[Cl][Fe][Cl]. The molecular formula is C21H27Cl2F4FeN3. The molecule has 0 N–H and O–H groups in total. The van der Waals surface area contributed by atoms with Gasteiger partial charge >= 0.3 is 33.3 Å². The predicted molar refractivity (Wildman–Crippen MR) is 115 cm³/mol. The zero-order valence-electron chi connectivity index (χ0n) is 17.4. The third-order valence-corrected chi connectivity index (χ3v) is 5.58. The molecule has 2 aliphatic carbocycles. The molecule has 10 heteroatoms. The molecule has 176 valence electrons. The van der Waals surface area contributed by atoms with Crippen molar-refractivity contribution in [2.24, 2.45) is 9.98 Å². The zero-order chi connectivity index (χ0) is 23.0. The number of aromatic nitrogens is 1. The van der Waals surface area contributed by atoms with Crippen LogP contribution in [0.1, 0.15) is 63.8 Å². The zero-order valence-corrected chi connectivity index (χ0v) is 20.0. The van der Waals surface area contributed by atoms with E-state index in [4.69, 9.17) is 20.2 Å². The van der Waals surface area contributed by atoms with Crippen molar-refractivity contribution >= 4 is 31.6 Å². The van der Waals surface area contributed by atoms with Crippen LogP contribution >= 0.6 is 20.2 Å². The fraction of sp³-hybridized carbons (Fsp3) is 0.667. The molecule has 4 unspecified atom stereocenters. The van der Waals surface area contributed by atoms with Crippen molar-refractivity contribution in [1.29, 1.82) is 0 Å². The molecule has 0 saturated heterocycles. The van der Waals surface area contributed by atoms with Crippen molar-refractivity contribution in [3.63, 3.8) is 0 Å². The normalized spacial score (nSPS) is 32.4. The second-order valence-electron chi connectivity index (χ2n) is 7.79. The van der Waals surface area contributed by atoms with Gasteiger partial charge in [0.05, 0.1) is 22.8 Å². The number of halogens is 6. The molecule has 0 aromatic carbocycles. The number of pyridine rings is 1. The van der Waals surface area contributed by atoms with Crippen LogP contribution in [0.3, 0.4) is 0 Å². The third kappa shape index (κ3) is 7.69. The Morgan fingerprint density at radius 1 is 0.806 bits per heavy atom. The third-order valence-electron chi connectivity index (χ3n) is 5.58. The molecular weight excluding hydrogens is 497 g/mol. The van der Waals surface area contributed by atoms with Gasteiger partial charge in [-0.05, 0) is 64.5 Å². The van der Waals surface area contributed by atoms with Gasteiger partial charge in [-0.3, -0.25) is 9.98 Å². The summed E-state index contributed by atoms with van der Waals surface area (Å²) in [5, 5.41) is 0. The van der Waals surface area contributed by atoms with E-state index in [0.29, 0.717) is 61.3 Å².